The molecule has 0 fully saturated rings. The fraction of sp³-hybridized carbons (Fsp3) is 0.125. The summed E-state index contributed by atoms with van der Waals surface area (Å²) in [6.07, 6.45) is 2.96. The summed E-state index contributed by atoms with van der Waals surface area (Å²) in [5.41, 5.74) is 1.90. The highest BCUT2D eigenvalue weighted by atomic mass is 32.1. The minimum absolute atomic E-state index is 0.161. The second kappa shape index (κ2) is 8.91. The van der Waals surface area contributed by atoms with Crippen molar-refractivity contribution in [2.24, 2.45) is 0 Å². The molecule has 4 aromatic heterocycles. The SMILES string of the molecule is CCCc1cc(=O)[nH]c(-n2nc(-c3cccs3)cc2NC(=O)C(=O)c2c[nH]c3ccccc23)n1. The molecule has 0 bridgehead atoms. The van der Waals surface area contributed by atoms with Crippen LogP contribution < -0.4 is 10.9 Å². The van der Waals surface area contributed by atoms with Gasteiger partial charge in [0.1, 0.15) is 11.5 Å². The van der Waals surface area contributed by atoms with Crippen LogP contribution in [0, 0.1) is 0 Å². The Labute approximate surface area is 197 Å². The van der Waals surface area contributed by atoms with Crippen molar-refractivity contribution in [3.05, 3.63) is 81.7 Å². The number of aromatic amines is 2. The van der Waals surface area contributed by atoms with E-state index in [4.69, 9.17) is 0 Å². The average molecular weight is 473 g/mol. The number of nitrogens with zero attached hydrogens (tertiary/aromatic N) is 3. The van der Waals surface area contributed by atoms with Crippen LogP contribution in [0.15, 0.2) is 64.9 Å². The van der Waals surface area contributed by atoms with Crippen molar-refractivity contribution in [1.82, 2.24) is 24.7 Å². The number of hydrogen-bond acceptors (Lipinski definition) is 6. The van der Waals surface area contributed by atoms with E-state index >= 15 is 0 Å². The molecule has 0 atom stereocenters. The molecule has 170 valence electrons. The van der Waals surface area contributed by atoms with E-state index < -0.39 is 11.7 Å². The lowest BCUT2D eigenvalue weighted by Gasteiger charge is -2.08. The van der Waals surface area contributed by atoms with Gasteiger partial charge in [-0.2, -0.15) is 9.78 Å². The van der Waals surface area contributed by atoms with Crippen LogP contribution >= 0.6 is 11.3 Å². The third kappa shape index (κ3) is 4.06. The van der Waals surface area contributed by atoms with Gasteiger partial charge >= 0.3 is 0 Å². The second-order valence-corrected chi connectivity index (χ2v) is 8.59. The Morgan fingerprint density at radius 3 is 2.79 bits per heavy atom. The van der Waals surface area contributed by atoms with Crippen molar-refractivity contribution in [3.8, 4) is 16.5 Å². The number of anilines is 1. The summed E-state index contributed by atoms with van der Waals surface area (Å²) in [5, 5.41) is 9.78. The quantitative estimate of drug-likeness (QED) is 0.244. The number of aryl methyl sites for hydroxylation is 1. The number of para-hydroxylation sites is 1. The smallest absolute Gasteiger partial charge is 0.298 e. The minimum Gasteiger partial charge on any atom is -0.360 e. The van der Waals surface area contributed by atoms with Crippen LogP contribution in [0.2, 0.25) is 0 Å². The largest absolute Gasteiger partial charge is 0.360 e. The highest BCUT2D eigenvalue weighted by molar-refractivity contribution is 7.13. The summed E-state index contributed by atoms with van der Waals surface area (Å²) in [5.74, 6) is -1.13. The van der Waals surface area contributed by atoms with Crippen molar-refractivity contribution < 1.29 is 9.59 Å². The third-order valence-corrected chi connectivity index (χ3v) is 6.15. The third-order valence-electron chi connectivity index (χ3n) is 5.25. The highest BCUT2D eigenvalue weighted by Crippen LogP contribution is 2.27. The number of Topliss-reactive ketones (excluding diaryl/α,β-unsaturated/α-hetero) is 1. The Hall–Kier alpha value is -4.31. The van der Waals surface area contributed by atoms with Gasteiger partial charge in [0.2, 0.25) is 5.95 Å². The van der Waals surface area contributed by atoms with Gasteiger partial charge in [0.25, 0.3) is 17.2 Å². The maximum absolute atomic E-state index is 13.0. The number of aromatic nitrogens is 5. The van der Waals surface area contributed by atoms with Gasteiger partial charge in [-0.05, 0) is 23.9 Å². The first-order valence-corrected chi connectivity index (χ1v) is 11.6. The van der Waals surface area contributed by atoms with E-state index in [9.17, 15) is 14.4 Å². The van der Waals surface area contributed by atoms with Crippen LogP contribution in [0.5, 0.6) is 0 Å². The summed E-state index contributed by atoms with van der Waals surface area (Å²) in [7, 11) is 0. The van der Waals surface area contributed by atoms with E-state index in [1.54, 1.807) is 18.2 Å². The molecule has 0 spiro atoms. The van der Waals surface area contributed by atoms with Crippen molar-refractivity contribution in [1.29, 1.82) is 0 Å². The molecule has 0 unspecified atom stereocenters. The van der Waals surface area contributed by atoms with Crippen molar-refractivity contribution in [3.63, 3.8) is 0 Å². The molecular formula is C24H20N6O3S. The molecule has 5 aromatic rings. The Balaban J connectivity index is 1.53. The average Bonchev–Trinajstić information content (AvgIpc) is 3.58. The van der Waals surface area contributed by atoms with Gasteiger partial charge in [-0.15, -0.1) is 11.3 Å². The first-order valence-electron chi connectivity index (χ1n) is 10.7. The number of hydrogen-bond donors (Lipinski definition) is 3. The predicted octanol–water partition coefficient (Wildman–Crippen LogP) is 3.94. The van der Waals surface area contributed by atoms with Crippen LogP contribution in [-0.4, -0.2) is 36.4 Å². The predicted molar refractivity (Wildman–Crippen MR) is 131 cm³/mol. The van der Waals surface area contributed by atoms with Gasteiger partial charge in [0.05, 0.1) is 10.4 Å². The number of rotatable bonds is 7. The summed E-state index contributed by atoms with van der Waals surface area (Å²) >= 11 is 1.48. The summed E-state index contributed by atoms with van der Waals surface area (Å²) in [6.45, 7) is 1.99. The number of fused-ring (bicyclic) bond motifs is 1. The van der Waals surface area contributed by atoms with Crippen molar-refractivity contribution in [2.75, 3.05) is 5.32 Å². The Bertz CT molecular complexity index is 1560. The Kier molecular flexibility index (Phi) is 5.64. The lowest BCUT2D eigenvalue weighted by Crippen LogP contribution is -2.25. The molecule has 0 radical (unpaired) electrons. The zero-order chi connectivity index (χ0) is 23.7. The fourth-order valence-corrected chi connectivity index (χ4v) is 4.39. The standard InChI is InChI=1S/C24H20N6O3S/c1-2-6-14-11-21(31)28-24(26-14)30-20(12-18(29-30)19-9-5-10-34-19)27-23(33)22(32)16-13-25-17-8-4-3-7-15(16)17/h3-5,7-13,25H,2,6H2,1H3,(H,27,33)(H,26,28,31). The molecule has 9 nitrogen and oxygen atoms in total. The lowest BCUT2D eigenvalue weighted by atomic mass is 10.1. The lowest BCUT2D eigenvalue weighted by molar-refractivity contribution is -0.112. The van der Waals surface area contributed by atoms with E-state index in [-0.39, 0.29) is 22.9 Å². The topological polar surface area (TPSA) is 126 Å². The molecule has 3 N–H and O–H groups in total. The molecule has 34 heavy (non-hydrogen) atoms. The van der Waals surface area contributed by atoms with Gasteiger partial charge < -0.3 is 10.3 Å². The molecule has 1 aromatic carbocycles. The Morgan fingerprint density at radius 1 is 1.15 bits per heavy atom. The Morgan fingerprint density at radius 2 is 2.00 bits per heavy atom. The van der Waals surface area contributed by atoms with Gasteiger partial charge in [0.15, 0.2) is 0 Å². The molecule has 0 saturated heterocycles. The van der Waals surface area contributed by atoms with E-state index in [2.05, 4.69) is 25.4 Å². The molecular weight excluding hydrogens is 452 g/mol. The second-order valence-electron chi connectivity index (χ2n) is 7.65. The van der Waals surface area contributed by atoms with Gasteiger partial charge in [0, 0.05) is 34.9 Å². The number of thiophene rings is 1. The summed E-state index contributed by atoms with van der Waals surface area (Å²) < 4.78 is 1.34. The van der Waals surface area contributed by atoms with Gasteiger partial charge in [-0.3, -0.25) is 19.4 Å². The van der Waals surface area contributed by atoms with Gasteiger partial charge in [-0.1, -0.05) is 37.6 Å². The normalized spacial score (nSPS) is 11.1. The number of amides is 1. The molecule has 0 aliphatic carbocycles. The van der Waals surface area contributed by atoms with Crippen LogP contribution in [0.1, 0.15) is 29.4 Å². The molecule has 0 saturated carbocycles. The van der Waals surface area contributed by atoms with Crippen LogP contribution in [0.3, 0.4) is 0 Å². The number of ketones is 1. The van der Waals surface area contributed by atoms with E-state index in [1.807, 2.05) is 36.6 Å². The summed E-state index contributed by atoms with van der Waals surface area (Å²) in [4.78, 5) is 49.2. The van der Waals surface area contributed by atoms with E-state index in [0.717, 1.165) is 16.8 Å². The molecule has 0 aliphatic heterocycles. The number of benzene rings is 1. The number of carbonyl (C=O) groups excluding carboxylic acids is 2. The van der Waals surface area contributed by atoms with E-state index in [0.29, 0.717) is 23.2 Å². The molecule has 1 amide bonds. The summed E-state index contributed by atoms with van der Waals surface area (Å²) in [6, 6.07) is 14.1. The zero-order valence-electron chi connectivity index (χ0n) is 18.2. The zero-order valence-corrected chi connectivity index (χ0v) is 19.0. The van der Waals surface area contributed by atoms with Crippen LogP contribution in [0.25, 0.3) is 27.4 Å². The first kappa shape index (κ1) is 21.5. The maximum Gasteiger partial charge on any atom is 0.298 e. The molecule has 5 rings (SSSR count). The van der Waals surface area contributed by atoms with Crippen LogP contribution in [-0.2, 0) is 11.2 Å². The molecule has 0 aliphatic rings. The van der Waals surface area contributed by atoms with Gasteiger partial charge in [-0.25, -0.2) is 4.98 Å². The van der Waals surface area contributed by atoms with E-state index in [1.165, 1.54) is 28.3 Å². The van der Waals surface area contributed by atoms with Crippen molar-refractivity contribution >= 4 is 39.7 Å². The van der Waals surface area contributed by atoms with Crippen molar-refractivity contribution in [2.45, 2.75) is 19.8 Å². The maximum atomic E-state index is 13.0. The molecule has 4 heterocycles. The monoisotopic (exact) mass is 472 g/mol. The number of H-pyrrole nitrogens is 2. The number of carbonyl (C=O) groups is 2. The minimum atomic E-state index is -0.823. The first-order chi connectivity index (χ1) is 16.5. The highest BCUT2D eigenvalue weighted by Gasteiger charge is 2.23. The van der Waals surface area contributed by atoms with Crippen LogP contribution in [0.4, 0.5) is 5.82 Å². The molecule has 10 heteroatoms. The number of nitrogens with one attached hydrogen (secondary N) is 3. The fourth-order valence-electron chi connectivity index (χ4n) is 3.71.